The summed E-state index contributed by atoms with van der Waals surface area (Å²) >= 11 is 0. The van der Waals surface area contributed by atoms with Crippen molar-refractivity contribution in [3.8, 4) is 0 Å². The van der Waals surface area contributed by atoms with E-state index in [0.717, 1.165) is 25.7 Å². The second kappa shape index (κ2) is 35.0. The van der Waals surface area contributed by atoms with E-state index in [1.807, 2.05) is 0 Å². The molecule has 10 amide bonds. The summed E-state index contributed by atoms with van der Waals surface area (Å²) in [5.74, 6) is -7.19. The Kier molecular flexibility index (Phi) is 30.3. The van der Waals surface area contributed by atoms with Gasteiger partial charge in [-0.05, 0) is 115 Å². The third kappa shape index (κ3) is 24.7. The molecule has 26 nitrogen and oxygen atoms in total. The van der Waals surface area contributed by atoms with Crippen LogP contribution >= 0.6 is 0 Å². The SMILES string of the molecule is CCNC(=O)C(NC(=O)[C@H](CCN)NC(=O)[C@H](CCN)NC(=O)[C@H](CC(C)C)NC(=O)[C@@H](Cc1ccccc1)NC(=O)[C@H](CCN)NC(=O)CNC(=O)[C@H](CCN)NC(=O)CNC(=O)CC1CCC(N)CC1)C(C)O. The molecule has 0 bridgehead atoms. The van der Waals surface area contributed by atoms with Gasteiger partial charge in [0.1, 0.15) is 42.3 Å². The molecule has 0 aromatic heterocycles. The Morgan fingerprint density at radius 1 is 0.520 bits per heavy atom. The van der Waals surface area contributed by atoms with E-state index in [-0.39, 0.29) is 108 Å². The van der Waals surface area contributed by atoms with Crippen LogP contribution in [0.25, 0.3) is 0 Å². The minimum atomic E-state index is -1.34. The molecule has 1 aliphatic rings. The van der Waals surface area contributed by atoms with Crippen LogP contribution in [0.3, 0.4) is 0 Å². The quantitative estimate of drug-likeness (QED) is 0.0307. The first-order valence-electron chi connectivity index (χ1n) is 25.9. The van der Waals surface area contributed by atoms with Gasteiger partial charge in [-0.15, -0.1) is 0 Å². The molecule has 1 aromatic carbocycles. The highest BCUT2D eigenvalue weighted by Gasteiger charge is 2.35. The molecular formula is C49H85N15O11. The molecule has 0 spiro atoms. The second-order valence-electron chi connectivity index (χ2n) is 19.2. The molecular weight excluding hydrogens is 975 g/mol. The highest BCUT2D eigenvalue weighted by molar-refractivity contribution is 5.98. The second-order valence-corrected chi connectivity index (χ2v) is 19.2. The minimum absolute atomic E-state index is 0.000166. The molecule has 1 aliphatic carbocycles. The Morgan fingerprint density at radius 2 is 0.947 bits per heavy atom. The van der Waals surface area contributed by atoms with Crippen LogP contribution < -0.4 is 81.8 Å². The van der Waals surface area contributed by atoms with E-state index in [4.69, 9.17) is 28.7 Å². The number of amides is 10. The number of aliphatic hydroxyl groups is 1. The van der Waals surface area contributed by atoms with Crippen LogP contribution in [0.4, 0.5) is 0 Å². The number of nitrogens with two attached hydrogens (primary N) is 5. The zero-order valence-corrected chi connectivity index (χ0v) is 43.9. The van der Waals surface area contributed by atoms with Gasteiger partial charge in [-0.3, -0.25) is 47.9 Å². The summed E-state index contributed by atoms with van der Waals surface area (Å²) in [5.41, 5.74) is 29.7. The van der Waals surface area contributed by atoms with E-state index < -0.39 is 108 Å². The van der Waals surface area contributed by atoms with Gasteiger partial charge in [0, 0.05) is 25.4 Å². The van der Waals surface area contributed by atoms with Crippen LogP contribution in [0.2, 0.25) is 0 Å². The molecule has 2 rings (SSSR count). The van der Waals surface area contributed by atoms with Gasteiger partial charge in [-0.1, -0.05) is 44.2 Å². The standard InChI is InChI=1S/C49H85N15O11/c1-5-55-49(75)42(29(4)65)64-46(72)36(18-22-53)60-45(71)35(17-21-52)61-47(73)37(23-28(2)3)62-48(74)38(24-30-9-7-6-8-10-30)63-44(70)34(16-20-51)59-41(68)27-57-43(69)33(15-19-50)58-40(67)26-56-39(66)25-31-11-13-32(54)14-12-31/h6-10,28-29,31-38,42,65H,5,11-27,50-54H2,1-4H3,(H,55,75)(H,56,66)(H,57,69)(H,58,67)(H,59,68)(H,60,71)(H,61,73)(H,62,74)(H,63,70)(H,64,72)/t29?,31?,32?,33-,34-,35-,36-,37-,38+,42?/m0/s1. The van der Waals surface area contributed by atoms with Crippen molar-refractivity contribution in [2.75, 3.05) is 45.8 Å². The van der Waals surface area contributed by atoms with Gasteiger partial charge in [-0.2, -0.15) is 0 Å². The van der Waals surface area contributed by atoms with E-state index in [9.17, 15) is 53.1 Å². The van der Waals surface area contributed by atoms with Crippen molar-refractivity contribution in [1.29, 1.82) is 0 Å². The van der Waals surface area contributed by atoms with Crippen molar-refractivity contribution in [1.82, 2.24) is 53.2 Å². The normalized spacial score (nSPS) is 17.4. The summed E-state index contributed by atoms with van der Waals surface area (Å²) in [6.07, 6.45) is 2.01. The van der Waals surface area contributed by atoms with Gasteiger partial charge in [0.15, 0.2) is 0 Å². The molecule has 75 heavy (non-hydrogen) atoms. The first-order chi connectivity index (χ1) is 35.7. The lowest BCUT2D eigenvalue weighted by molar-refractivity contribution is -0.136. The number of nitrogens with one attached hydrogen (secondary N) is 10. The summed E-state index contributed by atoms with van der Waals surface area (Å²) in [4.78, 5) is 133. The van der Waals surface area contributed by atoms with Crippen molar-refractivity contribution in [3.05, 3.63) is 35.9 Å². The lowest BCUT2D eigenvalue weighted by Crippen LogP contribution is -2.61. The fourth-order valence-corrected chi connectivity index (χ4v) is 8.22. The third-order valence-corrected chi connectivity index (χ3v) is 12.3. The molecule has 422 valence electrons. The number of carbonyl (C=O) groups is 10. The highest BCUT2D eigenvalue weighted by atomic mass is 16.3. The number of likely N-dealkylation sites (N-methyl/N-ethyl adjacent to an activating group) is 1. The van der Waals surface area contributed by atoms with E-state index in [1.165, 1.54) is 6.92 Å². The lowest BCUT2D eigenvalue weighted by Gasteiger charge is -2.28. The van der Waals surface area contributed by atoms with Crippen LogP contribution in [0, 0.1) is 11.8 Å². The van der Waals surface area contributed by atoms with Gasteiger partial charge in [0.05, 0.1) is 19.2 Å². The largest absolute Gasteiger partial charge is 0.391 e. The molecule has 0 heterocycles. The molecule has 8 atom stereocenters. The van der Waals surface area contributed by atoms with Crippen molar-refractivity contribution in [2.45, 2.75) is 153 Å². The third-order valence-electron chi connectivity index (χ3n) is 12.3. The number of rotatable bonds is 34. The van der Waals surface area contributed by atoms with Gasteiger partial charge in [0.2, 0.25) is 59.1 Å². The van der Waals surface area contributed by atoms with Crippen LogP contribution in [-0.4, -0.2) is 164 Å². The molecule has 0 saturated heterocycles. The summed E-state index contributed by atoms with van der Waals surface area (Å²) in [6, 6.07) is -0.227. The van der Waals surface area contributed by atoms with E-state index in [2.05, 4.69) is 53.2 Å². The molecule has 1 aromatic rings. The highest BCUT2D eigenvalue weighted by Crippen LogP contribution is 2.25. The van der Waals surface area contributed by atoms with Gasteiger partial charge in [-0.25, -0.2) is 0 Å². The molecule has 1 saturated carbocycles. The van der Waals surface area contributed by atoms with Crippen molar-refractivity contribution in [2.24, 2.45) is 40.5 Å². The smallest absolute Gasteiger partial charge is 0.245 e. The number of benzene rings is 1. The van der Waals surface area contributed by atoms with Crippen LogP contribution in [0.15, 0.2) is 30.3 Å². The number of hydrogen-bond donors (Lipinski definition) is 16. The molecule has 0 aliphatic heterocycles. The zero-order valence-electron chi connectivity index (χ0n) is 43.9. The maximum Gasteiger partial charge on any atom is 0.245 e. The maximum atomic E-state index is 14.3. The first kappa shape index (κ1) is 64.8. The Balaban J connectivity index is 2.19. The Hall–Kier alpha value is -6.32. The van der Waals surface area contributed by atoms with Crippen LogP contribution in [0.1, 0.15) is 97.5 Å². The Bertz CT molecular complexity index is 2010. The molecule has 0 radical (unpaired) electrons. The van der Waals surface area contributed by atoms with Gasteiger partial charge in [0.25, 0.3) is 0 Å². The molecule has 26 heteroatoms. The van der Waals surface area contributed by atoms with Crippen LogP contribution in [-0.2, 0) is 54.4 Å². The number of carbonyl (C=O) groups excluding carboxylic acids is 10. The van der Waals surface area contributed by atoms with E-state index >= 15 is 0 Å². The Morgan fingerprint density at radius 3 is 1.43 bits per heavy atom. The van der Waals surface area contributed by atoms with Crippen LogP contribution in [0.5, 0.6) is 0 Å². The predicted octanol–water partition coefficient (Wildman–Crippen LogP) is -5.28. The lowest BCUT2D eigenvalue weighted by atomic mass is 9.84. The average molecular weight is 1060 g/mol. The monoisotopic (exact) mass is 1060 g/mol. The topological polar surface area (TPSA) is 441 Å². The predicted molar refractivity (Wildman–Crippen MR) is 279 cm³/mol. The molecule has 2 unspecified atom stereocenters. The minimum Gasteiger partial charge on any atom is -0.391 e. The van der Waals surface area contributed by atoms with E-state index in [0.29, 0.717) is 5.56 Å². The van der Waals surface area contributed by atoms with Gasteiger partial charge < -0.3 is 86.9 Å². The van der Waals surface area contributed by atoms with Crippen molar-refractivity contribution in [3.63, 3.8) is 0 Å². The van der Waals surface area contributed by atoms with Gasteiger partial charge >= 0.3 is 0 Å². The summed E-state index contributed by atoms with van der Waals surface area (Å²) in [6.45, 7) is 5.56. The summed E-state index contributed by atoms with van der Waals surface area (Å²) < 4.78 is 0. The van der Waals surface area contributed by atoms with Crippen molar-refractivity contribution < 1.29 is 53.1 Å². The average Bonchev–Trinajstić information content (AvgIpc) is 3.36. The zero-order chi connectivity index (χ0) is 56.0. The fourth-order valence-electron chi connectivity index (χ4n) is 8.22. The molecule has 21 N–H and O–H groups in total. The molecule has 1 fully saturated rings. The van der Waals surface area contributed by atoms with Crippen molar-refractivity contribution >= 4 is 59.1 Å². The van der Waals surface area contributed by atoms with E-state index in [1.54, 1.807) is 51.1 Å². The number of aliphatic hydroxyl groups excluding tert-OH is 1. The first-order valence-corrected chi connectivity index (χ1v) is 25.9. The Labute approximate surface area is 439 Å². The fraction of sp³-hybridized carbons (Fsp3) is 0.673. The maximum absolute atomic E-state index is 14.3. The summed E-state index contributed by atoms with van der Waals surface area (Å²) in [7, 11) is 0. The summed E-state index contributed by atoms with van der Waals surface area (Å²) in [5, 5.41) is 35.7. The number of hydrogen-bond acceptors (Lipinski definition) is 16.